The Balaban J connectivity index is 1.26. The Morgan fingerprint density at radius 2 is 1.73 bits per heavy atom. The Kier molecular flexibility index (Phi) is 5.44. The largest absolute Gasteiger partial charge is 0.486 e. The van der Waals surface area contributed by atoms with Gasteiger partial charge in [-0.05, 0) is 60.5 Å². The van der Waals surface area contributed by atoms with Crippen molar-refractivity contribution in [2.75, 3.05) is 18.5 Å². The van der Waals surface area contributed by atoms with Crippen LogP contribution in [0.1, 0.15) is 34.5 Å². The molecule has 2 heterocycles. The summed E-state index contributed by atoms with van der Waals surface area (Å²) in [5.74, 6) is 1.67. The fraction of sp³-hybridized carbons (Fsp3) is 0.154. The van der Waals surface area contributed by atoms with Crippen molar-refractivity contribution in [3.05, 3.63) is 89.2 Å². The highest BCUT2D eigenvalue weighted by Crippen LogP contribution is 2.33. The van der Waals surface area contributed by atoms with Crippen molar-refractivity contribution in [2.45, 2.75) is 13.0 Å². The maximum atomic E-state index is 12.7. The third-order valence-corrected chi connectivity index (χ3v) is 5.46. The summed E-state index contributed by atoms with van der Waals surface area (Å²) in [5, 5.41) is 5.80. The molecule has 166 valence electrons. The highest BCUT2D eigenvalue weighted by molar-refractivity contribution is 6.08. The summed E-state index contributed by atoms with van der Waals surface area (Å²) >= 11 is 0. The topological polar surface area (TPSA) is 85.9 Å². The number of carbonyl (C=O) groups excluding carboxylic acids is 2. The Hall–Kier alpha value is -4.26. The van der Waals surface area contributed by atoms with Gasteiger partial charge in [-0.1, -0.05) is 30.3 Å². The fourth-order valence-electron chi connectivity index (χ4n) is 3.68. The predicted molar refractivity (Wildman–Crippen MR) is 123 cm³/mol. The molecule has 1 unspecified atom stereocenters. The van der Waals surface area contributed by atoms with Gasteiger partial charge in [0.1, 0.15) is 13.2 Å². The van der Waals surface area contributed by atoms with Crippen LogP contribution in [0, 0.1) is 0 Å². The van der Waals surface area contributed by atoms with Gasteiger partial charge in [-0.3, -0.25) is 9.59 Å². The zero-order valence-electron chi connectivity index (χ0n) is 18.0. The van der Waals surface area contributed by atoms with Gasteiger partial charge in [0.2, 0.25) is 0 Å². The molecule has 33 heavy (non-hydrogen) atoms. The number of hydrogen-bond acceptors (Lipinski definition) is 5. The second kappa shape index (κ2) is 8.70. The van der Waals surface area contributed by atoms with Gasteiger partial charge in [0.05, 0.1) is 11.7 Å². The predicted octanol–water partition coefficient (Wildman–Crippen LogP) is 4.32. The van der Waals surface area contributed by atoms with E-state index < -0.39 is 0 Å². The zero-order valence-corrected chi connectivity index (χ0v) is 18.0. The minimum absolute atomic E-state index is 0.193. The summed E-state index contributed by atoms with van der Waals surface area (Å²) < 4.78 is 16.9. The molecule has 0 spiro atoms. The van der Waals surface area contributed by atoms with E-state index in [9.17, 15) is 9.59 Å². The van der Waals surface area contributed by atoms with Gasteiger partial charge in [-0.2, -0.15) is 0 Å². The lowest BCUT2D eigenvalue weighted by atomic mass is 10.1. The fourth-order valence-corrected chi connectivity index (χ4v) is 3.68. The minimum atomic E-state index is -0.316. The second-order valence-electron chi connectivity index (χ2n) is 7.78. The lowest BCUT2D eigenvalue weighted by molar-refractivity contribution is -0.115. The number of fused-ring (bicyclic) bond motifs is 2. The van der Waals surface area contributed by atoms with E-state index in [1.165, 1.54) is 0 Å². The first kappa shape index (κ1) is 20.6. The van der Waals surface area contributed by atoms with Gasteiger partial charge in [0.15, 0.2) is 23.0 Å². The number of hydrogen-bond donors (Lipinski definition) is 2. The first-order chi connectivity index (χ1) is 16.1. The lowest BCUT2D eigenvalue weighted by Crippen LogP contribution is -2.26. The van der Waals surface area contributed by atoms with Crippen LogP contribution in [0.5, 0.6) is 17.2 Å². The average molecular weight is 442 g/mol. The van der Waals surface area contributed by atoms with E-state index in [0.717, 1.165) is 11.1 Å². The van der Waals surface area contributed by atoms with Crippen molar-refractivity contribution < 1.29 is 23.8 Å². The van der Waals surface area contributed by atoms with Crippen LogP contribution in [0.3, 0.4) is 0 Å². The molecular weight excluding hydrogens is 420 g/mol. The highest BCUT2D eigenvalue weighted by Gasteiger charge is 2.21. The monoisotopic (exact) mass is 442 g/mol. The molecule has 7 heteroatoms. The summed E-state index contributed by atoms with van der Waals surface area (Å²) in [4.78, 5) is 25.0. The Morgan fingerprint density at radius 3 is 2.55 bits per heavy atom. The molecule has 2 aliphatic rings. The van der Waals surface area contributed by atoms with Crippen molar-refractivity contribution in [3.63, 3.8) is 0 Å². The maximum Gasteiger partial charge on any atom is 0.291 e. The highest BCUT2D eigenvalue weighted by atomic mass is 16.6. The number of para-hydroxylation sites is 2. The van der Waals surface area contributed by atoms with E-state index in [1.54, 1.807) is 42.5 Å². The molecular formula is C26H22N2O5. The number of nitrogens with one attached hydrogen (secondary N) is 2. The molecule has 1 atom stereocenters. The Bertz CT molecular complexity index is 1250. The van der Waals surface area contributed by atoms with E-state index in [-0.39, 0.29) is 23.6 Å². The Morgan fingerprint density at radius 1 is 0.970 bits per heavy atom. The molecule has 0 aromatic heterocycles. The summed E-state index contributed by atoms with van der Waals surface area (Å²) in [6.07, 6.45) is 1.64. The van der Waals surface area contributed by atoms with Crippen LogP contribution >= 0.6 is 0 Å². The van der Waals surface area contributed by atoms with Crippen LogP contribution in [-0.4, -0.2) is 25.0 Å². The van der Waals surface area contributed by atoms with Crippen molar-refractivity contribution in [3.8, 4) is 17.2 Å². The molecule has 5 rings (SSSR count). The zero-order chi connectivity index (χ0) is 22.8. The maximum absolute atomic E-state index is 12.7. The normalized spacial score (nSPS) is 16.3. The third kappa shape index (κ3) is 4.39. The molecule has 0 saturated heterocycles. The first-order valence-electron chi connectivity index (χ1n) is 10.7. The average Bonchev–Trinajstić information content (AvgIpc) is 2.84. The molecule has 2 aliphatic heterocycles. The van der Waals surface area contributed by atoms with Gasteiger partial charge in [-0.15, -0.1) is 0 Å². The van der Waals surface area contributed by atoms with Gasteiger partial charge < -0.3 is 24.8 Å². The van der Waals surface area contributed by atoms with E-state index in [1.807, 2.05) is 37.3 Å². The van der Waals surface area contributed by atoms with E-state index in [2.05, 4.69) is 10.6 Å². The molecule has 0 fully saturated rings. The smallest absolute Gasteiger partial charge is 0.291 e. The van der Waals surface area contributed by atoms with Crippen molar-refractivity contribution in [1.82, 2.24) is 5.32 Å². The lowest BCUT2D eigenvalue weighted by Gasteiger charge is -2.21. The quantitative estimate of drug-likeness (QED) is 0.588. The molecule has 7 nitrogen and oxygen atoms in total. The van der Waals surface area contributed by atoms with Gasteiger partial charge in [0, 0.05) is 5.56 Å². The van der Waals surface area contributed by atoms with Crippen LogP contribution in [0.2, 0.25) is 0 Å². The SMILES string of the molecule is CC(NC(=O)c1ccc(/C=C2\Oc3ccccc3NC2=O)cc1)c1ccc2c(c1)OCCO2. The van der Waals surface area contributed by atoms with Crippen molar-refractivity contribution in [1.29, 1.82) is 0 Å². The van der Waals surface area contributed by atoms with Gasteiger partial charge >= 0.3 is 0 Å². The third-order valence-electron chi connectivity index (χ3n) is 5.46. The molecule has 2 N–H and O–H groups in total. The van der Waals surface area contributed by atoms with Crippen molar-refractivity contribution >= 4 is 23.6 Å². The summed E-state index contributed by atoms with van der Waals surface area (Å²) in [6.45, 7) is 2.97. The van der Waals surface area contributed by atoms with Crippen LogP contribution in [0.25, 0.3) is 6.08 Å². The van der Waals surface area contributed by atoms with Crippen molar-refractivity contribution in [2.24, 2.45) is 0 Å². The van der Waals surface area contributed by atoms with E-state index in [4.69, 9.17) is 14.2 Å². The number of carbonyl (C=O) groups is 2. The summed E-state index contributed by atoms with van der Waals surface area (Å²) in [6, 6.07) is 19.7. The molecule has 3 aromatic rings. The van der Waals surface area contributed by atoms with Gasteiger partial charge in [0.25, 0.3) is 11.8 Å². The number of rotatable bonds is 4. The molecule has 3 aromatic carbocycles. The minimum Gasteiger partial charge on any atom is -0.486 e. The second-order valence-corrected chi connectivity index (χ2v) is 7.78. The van der Waals surface area contributed by atoms with Crippen LogP contribution in [0.15, 0.2) is 72.5 Å². The number of ether oxygens (including phenoxy) is 3. The molecule has 0 radical (unpaired) electrons. The number of benzene rings is 3. The van der Waals surface area contributed by atoms with Crippen LogP contribution in [0.4, 0.5) is 5.69 Å². The molecule has 0 saturated carbocycles. The number of amides is 2. The molecule has 2 amide bonds. The first-order valence-corrected chi connectivity index (χ1v) is 10.7. The van der Waals surface area contributed by atoms with Crippen LogP contribution in [-0.2, 0) is 4.79 Å². The van der Waals surface area contributed by atoms with Crippen LogP contribution < -0.4 is 24.8 Å². The molecule has 0 aliphatic carbocycles. The van der Waals surface area contributed by atoms with E-state index >= 15 is 0 Å². The van der Waals surface area contributed by atoms with E-state index in [0.29, 0.717) is 41.7 Å². The summed E-state index contributed by atoms with van der Waals surface area (Å²) in [7, 11) is 0. The molecule has 0 bridgehead atoms. The summed E-state index contributed by atoms with van der Waals surface area (Å²) in [5.41, 5.74) is 2.82. The Labute approximate surface area is 191 Å². The standard InChI is InChI=1S/C26H22N2O5/c1-16(19-10-11-22-23(15-19)32-13-12-31-22)27-25(29)18-8-6-17(7-9-18)14-24-26(30)28-20-4-2-3-5-21(20)33-24/h2-11,14-16H,12-13H2,1H3,(H,27,29)(H,28,30)/b24-14-. The van der Waals surface area contributed by atoms with Gasteiger partial charge in [-0.25, -0.2) is 0 Å². The number of anilines is 1.